The van der Waals surface area contributed by atoms with Gasteiger partial charge in [0.1, 0.15) is 5.75 Å². The Hall–Kier alpha value is -3.38. The first kappa shape index (κ1) is 21.3. The Labute approximate surface area is 178 Å². The third-order valence-electron chi connectivity index (χ3n) is 4.01. The van der Waals surface area contributed by atoms with Gasteiger partial charge in [0, 0.05) is 28.3 Å². The summed E-state index contributed by atoms with van der Waals surface area (Å²) in [5.74, 6) is -0.899. The largest absolute Gasteiger partial charge is 0.573 e. The van der Waals surface area contributed by atoms with Gasteiger partial charge in [-0.3, -0.25) is 9.78 Å². The van der Waals surface area contributed by atoms with Crippen LogP contribution < -0.4 is 10.1 Å². The number of benzene rings is 2. The molecule has 0 atom stereocenters. The average molecular weight is 476 g/mol. The van der Waals surface area contributed by atoms with Gasteiger partial charge in [0.15, 0.2) is 0 Å². The van der Waals surface area contributed by atoms with Crippen molar-refractivity contribution in [1.29, 1.82) is 5.26 Å². The molecule has 1 aromatic heterocycles. The standard InChI is InChI=1S/C21H13BrF3N3O2/c22-17-6-4-15(19(9-17)30-21(23,24)25)11-28-20(29)16-5-7-18(27-12-16)14-3-1-2-13(8-14)10-26/h1-9,12H,11H2,(H,28,29). The number of hydrogen-bond acceptors (Lipinski definition) is 4. The van der Waals surface area contributed by atoms with Crippen LogP contribution in [0.4, 0.5) is 13.2 Å². The Morgan fingerprint density at radius 3 is 2.63 bits per heavy atom. The first-order valence-electron chi connectivity index (χ1n) is 8.54. The summed E-state index contributed by atoms with van der Waals surface area (Å²) < 4.78 is 42.2. The highest BCUT2D eigenvalue weighted by molar-refractivity contribution is 9.10. The summed E-state index contributed by atoms with van der Waals surface area (Å²) in [6.07, 6.45) is -3.49. The van der Waals surface area contributed by atoms with E-state index in [1.807, 2.05) is 6.07 Å². The van der Waals surface area contributed by atoms with E-state index >= 15 is 0 Å². The molecule has 2 aromatic carbocycles. The fourth-order valence-electron chi connectivity index (χ4n) is 2.62. The van der Waals surface area contributed by atoms with Crippen molar-refractivity contribution in [2.45, 2.75) is 12.9 Å². The predicted octanol–water partition coefficient (Wildman–Crippen LogP) is 5.21. The average Bonchev–Trinajstić information content (AvgIpc) is 2.72. The monoisotopic (exact) mass is 475 g/mol. The van der Waals surface area contributed by atoms with Crippen molar-refractivity contribution in [3.05, 3.63) is 82.0 Å². The Balaban J connectivity index is 1.71. The van der Waals surface area contributed by atoms with Crippen molar-refractivity contribution < 1.29 is 22.7 Å². The summed E-state index contributed by atoms with van der Waals surface area (Å²) in [6, 6.07) is 16.3. The minimum Gasteiger partial charge on any atom is -0.405 e. The number of rotatable bonds is 5. The summed E-state index contributed by atoms with van der Waals surface area (Å²) in [6.45, 7) is -0.163. The van der Waals surface area contributed by atoms with Crippen molar-refractivity contribution in [1.82, 2.24) is 10.3 Å². The van der Waals surface area contributed by atoms with Crippen LogP contribution in [0.3, 0.4) is 0 Å². The summed E-state index contributed by atoms with van der Waals surface area (Å²) in [4.78, 5) is 16.6. The van der Waals surface area contributed by atoms with Crippen molar-refractivity contribution in [2.75, 3.05) is 0 Å². The molecule has 3 aromatic rings. The van der Waals surface area contributed by atoms with Crippen LogP contribution in [0, 0.1) is 11.3 Å². The molecule has 0 radical (unpaired) electrons. The van der Waals surface area contributed by atoms with E-state index < -0.39 is 18.0 Å². The van der Waals surface area contributed by atoms with Crippen LogP contribution in [0.5, 0.6) is 5.75 Å². The number of nitrogens with zero attached hydrogens (tertiary/aromatic N) is 2. The van der Waals surface area contributed by atoms with Crippen LogP contribution in [0.2, 0.25) is 0 Å². The zero-order chi connectivity index (χ0) is 21.7. The van der Waals surface area contributed by atoms with Gasteiger partial charge in [-0.15, -0.1) is 13.2 Å². The number of pyridine rings is 1. The number of ether oxygens (including phenoxy) is 1. The SMILES string of the molecule is N#Cc1cccc(-c2ccc(C(=O)NCc3ccc(Br)cc3OC(F)(F)F)cn2)c1. The van der Waals surface area contributed by atoms with E-state index in [-0.39, 0.29) is 17.7 Å². The van der Waals surface area contributed by atoms with Crippen molar-refractivity contribution in [3.8, 4) is 23.1 Å². The van der Waals surface area contributed by atoms with E-state index in [1.165, 1.54) is 18.3 Å². The van der Waals surface area contributed by atoms with E-state index in [0.29, 0.717) is 15.7 Å². The smallest absolute Gasteiger partial charge is 0.405 e. The van der Waals surface area contributed by atoms with Crippen molar-refractivity contribution in [2.24, 2.45) is 0 Å². The molecular weight excluding hydrogens is 463 g/mol. The maximum Gasteiger partial charge on any atom is 0.573 e. The molecule has 0 saturated heterocycles. The Kier molecular flexibility index (Phi) is 6.37. The molecule has 0 aliphatic heterocycles. The molecule has 1 amide bonds. The molecule has 1 N–H and O–H groups in total. The number of halogens is 4. The molecule has 1 heterocycles. The van der Waals surface area contributed by atoms with Gasteiger partial charge in [-0.2, -0.15) is 5.26 Å². The number of hydrogen-bond donors (Lipinski definition) is 1. The van der Waals surface area contributed by atoms with Crippen LogP contribution in [-0.4, -0.2) is 17.3 Å². The van der Waals surface area contributed by atoms with Crippen molar-refractivity contribution >= 4 is 21.8 Å². The van der Waals surface area contributed by atoms with Crippen LogP contribution in [-0.2, 0) is 6.54 Å². The fraction of sp³-hybridized carbons (Fsp3) is 0.0952. The molecule has 3 rings (SSSR count). The third kappa shape index (κ3) is 5.58. The van der Waals surface area contributed by atoms with Gasteiger partial charge in [-0.05, 0) is 36.4 Å². The van der Waals surface area contributed by atoms with Gasteiger partial charge in [0.05, 0.1) is 22.9 Å². The van der Waals surface area contributed by atoms with E-state index in [4.69, 9.17) is 5.26 Å². The maximum absolute atomic E-state index is 12.6. The lowest BCUT2D eigenvalue weighted by Gasteiger charge is -2.14. The summed E-state index contributed by atoms with van der Waals surface area (Å²) in [5, 5.41) is 11.5. The second-order valence-electron chi connectivity index (χ2n) is 6.11. The first-order valence-corrected chi connectivity index (χ1v) is 9.33. The lowest BCUT2D eigenvalue weighted by Crippen LogP contribution is -2.24. The molecule has 9 heteroatoms. The molecule has 0 unspecified atom stereocenters. The normalized spacial score (nSPS) is 10.9. The van der Waals surface area contributed by atoms with E-state index in [1.54, 1.807) is 42.5 Å². The van der Waals surface area contributed by atoms with Gasteiger partial charge >= 0.3 is 6.36 Å². The molecular formula is C21H13BrF3N3O2. The highest BCUT2D eigenvalue weighted by Gasteiger charge is 2.32. The lowest BCUT2D eigenvalue weighted by molar-refractivity contribution is -0.274. The first-order chi connectivity index (χ1) is 14.2. The fourth-order valence-corrected chi connectivity index (χ4v) is 2.96. The van der Waals surface area contributed by atoms with E-state index in [9.17, 15) is 18.0 Å². The number of nitrogens with one attached hydrogen (secondary N) is 1. The van der Waals surface area contributed by atoms with Crippen LogP contribution >= 0.6 is 15.9 Å². The zero-order valence-electron chi connectivity index (χ0n) is 15.2. The van der Waals surface area contributed by atoms with Gasteiger partial charge in [-0.1, -0.05) is 34.1 Å². The number of carbonyl (C=O) groups excluding carboxylic acids is 1. The quantitative estimate of drug-likeness (QED) is 0.549. The molecule has 0 spiro atoms. The Bertz CT molecular complexity index is 1110. The number of alkyl halides is 3. The molecule has 0 fully saturated rings. The number of nitriles is 1. The van der Waals surface area contributed by atoms with Gasteiger partial charge in [-0.25, -0.2) is 0 Å². The van der Waals surface area contributed by atoms with E-state index in [2.05, 4.69) is 31.0 Å². The van der Waals surface area contributed by atoms with Crippen LogP contribution in [0.15, 0.2) is 65.3 Å². The summed E-state index contributed by atoms with van der Waals surface area (Å²) in [5.41, 5.74) is 2.21. The summed E-state index contributed by atoms with van der Waals surface area (Å²) in [7, 11) is 0. The zero-order valence-corrected chi connectivity index (χ0v) is 16.8. The maximum atomic E-state index is 12.6. The molecule has 0 bridgehead atoms. The minimum atomic E-state index is -4.85. The number of aromatic nitrogens is 1. The van der Waals surface area contributed by atoms with E-state index in [0.717, 1.165) is 5.56 Å². The second kappa shape index (κ2) is 8.97. The highest BCUT2D eigenvalue weighted by Crippen LogP contribution is 2.29. The summed E-state index contributed by atoms with van der Waals surface area (Å²) >= 11 is 3.09. The van der Waals surface area contributed by atoms with Crippen molar-refractivity contribution in [3.63, 3.8) is 0 Å². The molecule has 5 nitrogen and oxygen atoms in total. The lowest BCUT2D eigenvalue weighted by atomic mass is 10.1. The van der Waals surface area contributed by atoms with Gasteiger partial charge < -0.3 is 10.1 Å². The number of amides is 1. The van der Waals surface area contributed by atoms with Gasteiger partial charge in [0.25, 0.3) is 5.91 Å². The Morgan fingerprint density at radius 1 is 1.17 bits per heavy atom. The minimum absolute atomic E-state index is 0.163. The second-order valence-corrected chi connectivity index (χ2v) is 7.02. The molecule has 0 aliphatic rings. The Morgan fingerprint density at radius 2 is 1.97 bits per heavy atom. The van der Waals surface area contributed by atoms with Gasteiger partial charge in [0.2, 0.25) is 0 Å². The molecule has 0 saturated carbocycles. The third-order valence-corrected chi connectivity index (χ3v) is 4.50. The molecule has 152 valence electrons. The van der Waals surface area contributed by atoms with Crippen LogP contribution in [0.25, 0.3) is 11.3 Å². The molecule has 0 aliphatic carbocycles. The van der Waals surface area contributed by atoms with Crippen LogP contribution in [0.1, 0.15) is 21.5 Å². The molecule has 30 heavy (non-hydrogen) atoms. The topological polar surface area (TPSA) is 75.0 Å². The predicted molar refractivity (Wildman–Crippen MR) is 106 cm³/mol. The number of carbonyl (C=O) groups is 1. The highest BCUT2D eigenvalue weighted by atomic mass is 79.9.